The number of carbonyl (C=O) groups is 2. The Balaban J connectivity index is 1.67. The molecule has 0 aliphatic carbocycles. The molecule has 1 unspecified atom stereocenters. The lowest BCUT2D eigenvalue weighted by atomic mass is 10.1. The summed E-state index contributed by atoms with van der Waals surface area (Å²) in [4.78, 5) is 26.6. The van der Waals surface area contributed by atoms with Crippen LogP contribution in [-0.4, -0.2) is 48.1 Å². The third-order valence-electron chi connectivity index (χ3n) is 6.73. The molecule has 0 fully saturated rings. The van der Waals surface area contributed by atoms with Crippen molar-refractivity contribution in [3.05, 3.63) is 107 Å². The Morgan fingerprint density at radius 1 is 0.818 bits per heavy atom. The Morgan fingerprint density at radius 3 is 2.14 bits per heavy atom. The van der Waals surface area contributed by atoms with Crippen molar-refractivity contribution >= 4 is 44.8 Å². The number of halogens is 1. The number of rotatable bonds is 12. The number of carbonyl (C=O) groups excluding carboxylic acids is 2. The molecule has 1 atom stereocenters. The summed E-state index contributed by atoms with van der Waals surface area (Å²) in [7, 11) is -0.215. The molecule has 2 amide bonds. The van der Waals surface area contributed by atoms with Crippen molar-refractivity contribution in [2.45, 2.75) is 17.9 Å². The topological polar surface area (TPSA) is 123 Å². The summed E-state index contributed by atoms with van der Waals surface area (Å²) in [5.41, 5.74) is 1.36. The molecule has 4 aromatic carbocycles. The van der Waals surface area contributed by atoms with E-state index in [0.29, 0.717) is 5.75 Å². The lowest BCUT2D eigenvalue weighted by Crippen LogP contribution is -2.38. The van der Waals surface area contributed by atoms with Gasteiger partial charge in [-0.3, -0.25) is 13.9 Å². The quantitative estimate of drug-likeness (QED) is 0.205. The second-order valence-electron chi connectivity index (χ2n) is 9.54. The zero-order chi connectivity index (χ0) is 31.9. The molecule has 4 aromatic rings. The van der Waals surface area contributed by atoms with Gasteiger partial charge in [-0.05, 0) is 55.0 Å². The van der Waals surface area contributed by atoms with Gasteiger partial charge in [-0.15, -0.1) is 0 Å². The summed E-state index contributed by atoms with van der Waals surface area (Å²) in [5.74, 6) is -0.454. The number of benzene rings is 4. The minimum absolute atomic E-state index is 0.0349. The van der Waals surface area contributed by atoms with Crippen LogP contribution in [0.2, 0.25) is 5.02 Å². The highest BCUT2D eigenvalue weighted by atomic mass is 35.5. The fourth-order valence-electron chi connectivity index (χ4n) is 4.47. The van der Waals surface area contributed by atoms with Gasteiger partial charge in [0.25, 0.3) is 15.9 Å². The average Bonchev–Trinajstić information content (AvgIpc) is 3.03. The van der Waals surface area contributed by atoms with E-state index in [0.717, 1.165) is 9.87 Å². The first-order chi connectivity index (χ1) is 21.1. The van der Waals surface area contributed by atoms with Crippen LogP contribution in [0.3, 0.4) is 0 Å². The van der Waals surface area contributed by atoms with Gasteiger partial charge in [0.1, 0.15) is 12.3 Å². The summed E-state index contributed by atoms with van der Waals surface area (Å²) < 4.78 is 45.0. The van der Waals surface area contributed by atoms with Gasteiger partial charge in [0.2, 0.25) is 5.91 Å². The second-order valence-corrected chi connectivity index (χ2v) is 11.8. The first-order valence-corrected chi connectivity index (χ1v) is 15.2. The third-order valence-corrected chi connectivity index (χ3v) is 8.72. The highest BCUT2D eigenvalue weighted by Crippen LogP contribution is 2.37. The molecule has 4 rings (SSSR count). The largest absolute Gasteiger partial charge is 0.495 e. The molecule has 44 heavy (non-hydrogen) atoms. The summed E-state index contributed by atoms with van der Waals surface area (Å²) in [6, 6.07) is 24.1. The summed E-state index contributed by atoms with van der Waals surface area (Å²) >= 11 is 6.25. The van der Waals surface area contributed by atoms with Gasteiger partial charge in [0, 0.05) is 11.1 Å². The standard InChI is InChI=1S/C32H32ClN3O7S/c1-21(22-10-6-5-7-11-22)34-32(38)25-12-8-9-13-26(25)35-31(37)20-36(27-18-23(33)14-16-28(27)41-2)44(39,40)24-15-17-29(42-3)30(19-24)43-4/h5-19,21H,20H2,1-4H3,(H,34,38)(H,35,37). The molecular formula is C32H32ClN3O7S. The van der Waals surface area contributed by atoms with Crippen molar-refractivity contribution in [1.82, 2.24) is 5.32 Å². The third kappa shape index (κ3) is 7.24. The first-order valence-electron chi connectivity index (χ1n) is 13.4. The zero-order valence-electron chi connectivity index (χ0n) is 24.5. The average molecular weight is 638 g/mol. The van der Waals surface area contributed by atoms with E-state index in [-0.39, 0.29) is 44.4 Å². The first kappa shape index (κ1) is 32.2. The Labute approximate surface area is 261 Å². The number of hydrogen-bond donors (Lipinski definition) is 2. The Bertz CT molecular complexity index is 1750. The van der Waals surface area contributed by atoms with E-state index in [1.165, 1.54) is 57.7 Å². The summed E-state index contributed by atoms with van der Waals surface area (Å²) in [5, 5.41) is 5.85. The lowest BCUT2D eigenvalue weighted by molar-refractivity contribution is -0.114. The number of para-hydroxylation sites is 1. The molecule has 0 radical (unpaired) electrons. The number of sulfonamides is 1. The molecule has 0 spiro atoms. The van der Waals surface area contributed by atoms with E-state index >= 15 is 0 Å². The van der Waals surface area contributed by atoms with Crippen molar-refractivity contribution in [1.29, 1.82) is 0 Å². The fraction of sp³-hybridized carbons (Fsp3) is 0.188. The van der Waals surface area contributed by atoms with E-state index in [1.807, 2.05) is 37.3 Å². The minimum atomic E-state index is -4.40. The van der Waals surface area contributed by atoms with E-state index in [4.69, 9.17) is 25.8 Å². The second kappa shape index (κ2) is 14.2. The number of amides is 2. The van der Waals surface area contributed by atoms with E-state index in [1.54, 1.807) is 24.3 Å². The highest BCUT2D eigenvalue weighted by Gasteiger charge is 2.31. The van der Waals surface area contributed by atoms with Crippen molar-refractivity contribution in [2.75, 3.05) is 37.5 Å². The number of nitrogens with zero attached hydrogens (tertiary/aromatic N) is 1. The summed E-state index contributed by atoms with van der Waals surface area (Å²) in [6.45, 7) is 1.17. The van der Waals surface area contributed by atoms with Crippen molar-refractivity contribution in [2.24, 2.45) is 0 Å². The van der Waals surface area contributed by atoms with Crippen LogP contribution in [-0.2, 0) is 14.8 Å². The maximum atomic E-state index is 14.1. The lowest BCUT2D eigenvalue weighted by Gasteiger charge is -2.26. The summed E-state index contributed by atoms with van der Waals surface area (Å²) in [6.07, 6.45) is 0. The number of methoxy groups -OCH3 is 3. The van der Waals surface area contributed by atoms with Crippen LogP contribution >= 0.6 is 11.6 Å². The Morgan fingerprint density at radius 2 is 1.45 bits per heavy atom. The Hall–Kier alpha value is -4.74. The monoisotopic (exact) mass is 637 g/mol. The predicted octanol–water partition coefficient (Wildman–Crippen LogP) is 5.69. The SMILES string of the molecule is COc1ccc(S(=O)(=O)N(CC(=O)Nc2ccccc2C(=O)NC(C)c2ccccc2)c2cc(Cl)ccc2OC)cc1OC. The van der Waals surface area contributed by atoms with Crippen LogP contribution in [0.5, 0.6) is 17.2 Å². The normalized spacial score (nSPS) is 11.7. The van der Waals surface area contributed by atoms with Crippen LogP contribution in [0.1, 0.15) is 28.9 Å². The van der Waals surface area contributed by atoms with Gasteiger partial charge >= 0.3 is 0 Å². The van der Waals surface area contributed by atoms with Crippen molar-refractivity contribution in [3.63, 3.8) is 0 Å². The molecule has 230 valence electrons. The van der Waals surface area contributed by atoms with Crippen molar-refractivity contribution < 1.29 is 32.2 Å². The fourth-order valence-corrected chi connectivity index (χ4v) is 6.08. The molecular weight excluding hydrogens is 606 g/mol. The molecule has 0 saturated carbocycles. The van der Waals surface area contributed by atoms with E-state index in [9.17, 15) is 18.0 Å². The van der Waals surface area contributed by atoms with Gasteiger partial charge in [-0.1, -0.05) is 54.1 Å². The van der Waals surface area contributed by atoms with Crippen LogP contribution in [0.25, 0.3) is 0 Å². The van der Waals surface area contributed by atoms with Gasteiger partial charge in [0.15, 0.2) is 11.5 Å². The molecule has 12 heteroatoms. The molecule has 0 aliphatic heterocycles. The Kier molecular flexibility index (Phi) is 10.4. The van der Waals surface area contributed by atoms with Gasteiger partial charge in [-0.2, -0.15) is 0 Å². The van der Waals surface area contributed by atoms with Gasteiger partial charge in [0.05, 0.1) is 49.2 Å². The molecule has 0 bridgehead atoms. The molecule has 2 N–H and O–H groups in total. The highest BCUT2D eigenvalue weighted by molar-refractivity contribution is 7.92. The maximum absolute atomic E-state index is 14.1. The molecule has 0 aliphatic rings. The predicted molar refractivity (Wildman–Crippen MR) is 169 cm³/mol. The molecule has 0 heterocycles. The zero-order valence-corrected chi connectivity index (χ0v) is 26.1. The smallest absolute Gasteiger partial charge is 0.265 e. The van der Waals surface area contributed by atoms with Crippen LogP contribution < -0.4 is 29.1 Å². The van der Waals surface area contributed by atoms with Crippen LogP contribution in [0.4, 0.5) is 11.4 Å². The molecule has 0 aromatic heterocycles. The van der Waals surface area contributed by atoms with Crippen LogP contribution in [0, 0.1) is 0 Å². The number of anilines is 2. The van der Waals surface area contributed by atoms with E-state index in [2.05, 4.69) is 10.6 Å². The number of nitrogens with one attached hydrogen (secondary N) is 2. The maximum Gasteiger partial charge on any atom is 0.265 e. The van der Waals surface area contributed by atoms with E-state index < -0.39 is 28.4 Å². The number of ether oxygens (including phenoxy) is 3. The molecule has 10 nitrogen and oxygen atoms in total. The van der Waals surface area contributed by atoms with Crippen molar-refractivity contribution in [3.8, 4) is 17.2 Å². The van der Waals surface area contributed by atoms with Gasteiger partial charge in [-0.25, -0.2) is 8.42 Å². The van der Waals surface area contributed by atoms with Gasteiger partial charge < -0.3 is 24.8 Å². The number of hydrogen-bond acceptors (Lipinski definition) is 7. The molecule has 0 saturated heterocycles. The van der Waals surface area contributed by atoms with Crippen LogP contribution in [0.15, 0.2) is 95.9 Å². The minimum Gasteiger partial charge on any atom is -0.495 e.